The Morgan fingerprint density at radius 3 is 2.41 bits per heavy atom. The number of benzene rings is 1. The summed E-state index contributed by atoms with van der Waals surface area (Å²) in [7, 11) is 3.11. The smallest absolute Gasteiger partial charge is 0.236 e. The van der Waals surface area contributed by atoms with Crippen LogP contribution in [0.25, 0.3) is 0 Å². The minimum atomic E-state index is -3.62. The van der Waals surface area contributed by atoms with Crippen molar-refractivity contribution in [2.75, 3.05) is 13.7 Å². The van der Waals surface area contributed by atoms with Crippen LogP contribution in [0, 0.1) is 6.92 Å². The number of methoxy groups -OCH3 is 1. The predicted molar refractivity (Wildman–Crippen MR) is 67.4 cm³/mol. The van der Waals surface area contributed by atoms with Gasteiger partial charge >= 0.3 is 0 Å². The molecule has 0 unspecified atom stereocenters. The van der Waals surface area contributed by atoms with Crippen LogP contribution in [0.4, 0.5) is 0 Å². The van der Waals surface area contributed by atoms with Crippen molar-refractivity contribution in [3.05, 3.63) is 23.3 Å². The van der Waals surface area contributed by atoms with Crippen molar-refractivity contribution in [2.24, 2.45) is 0 Å². The average molecular weight is 279 g/mol. The van der Waals surface area contributed by atoms with E-state index >= 15 is 0 Å². The molecule has 0 bridgehead atoms. The third-order valence-electron chi connectivity index (χ3n) is 2.21. The third kappa shape index (κ3) is 4.09. The van der Waals surface area contributed by atoms with Crippen LogP contribution in [0.1, 0.15) is 18.1 Å². The first kappa shape index (κ1) is 14.1. The normalized spacial score (nSPS) is 11.3. The first-order valence-corrected chi connectivity index (χ1v) is 7.58. The van der Waals surface area contributed by atoms with Crippen molar-refractivity contribution >= 4 is 19.7 Å². The lowest BCUT2D eigenvalue weighted by molar-refractivity contribution is 0.336. The van der Waals surface area contributed by atoms with Crippen LogP contribution >= 0.6 is 10.7 Å². The van der Waals surface area contributed by atoms with E-state index in [1.165, 1.54) is 7.11 Å². The summed E-state index contributed by atoms with van der Waals surface area (Å²) in [6.07, 6.45) is 0. The zero-order chi connectivity index (χ0) is 13.1. The van der Waals surface area contributed by atoms with Gasteiger partial charge in [0.1, 0.15) is 11.5 Å². The maximum Gasteiger partial charge on any atom is 0.236 e. The summed E-state index contributed by atoms with van der Waals surface area (Å²) in [5, 5.41) is 0. The highest BCUT2D eigenvalue weighted by molar-refractivity contribution is 8.13. The number of hydrogen-bond donors (Lipinski definition) is 0. The predicted octanol–water partition coefficient (Wildman–Crippen LogP) is 2.47. The van der Waals surface area contributed by atoms with Crippen molar-refractivity contribution < 1.29 is 17.9 Å². The van der Waals surface area contributed by atoms with Crippen LogP contribution in [-0.2, 0) is 14.8 Å². The van der Waals surface area contributed by atoms with Crippen LogP contribution in [0.2, 0.25) is 0 Å². The maximum absolute atomic E-state index is 11.1. The average Bonchev–Trinajstić information content (AvgIpc) is 2.20. The SMILES string of the molecule is CCOc1cc(CS(=O)(=O)Cl)c(OC)cc1C. The molecule has 0 atom stereocenters. The summed E-state index contributed by atoms with van der Waals surface area (Å²) >= 11 is 0. The Balaban J connectivity index is 3.21. The highest BCUT2D eigenvalue weighted by atomic mass is 35.7. The molecule has 0 N–H and O–H groups in total. The number of aryl methyl sites for hydroxylation is 1. The third-order valence-corrected chi connectivity index (χ3v) is 3.19. The fraction of sp³-hybridized carbons (Fsp3) is 0.455. The quantitative estimate of drug-likeness (QED) is 0.777. The molecule has 1 rings (SSSR count). The molecule has 0 spiro atoms. The first-order valence-electron chi connectivity index (χ1n) is 5.10. The minimum Gasteiger partial charge on any atom is -0.496 e. The molecule has 1 aromatic carbocycles. The van der Waals surface area contributed by atoms with Crippen molar-refractivity contribution in [3.63, 3.8) is 0 Å². The summed E-state index contributed by atoms with van der Waals surface area (Å²) in [5.41, 5.74) is 1.39. The van der Waals surface area contributed by atoms with Gasteiger partial charge in [0.05, 0.1) is 19.5 Å². The van der Waals surface area contributed by atoms with E-state index in [2.05, 4.69) is 0 Å². The summed E-state index contributed by atoms with van der Waals surface area (Å²) in [4.78, 5) is 0. The van der Waals surface area contributed by atoms with Crippen LogP contribution in [0.15, 0.2) is 12.1 Å². The number of hydrogen-bond acceptors (Lipinski definition) is 4. The monoisotopic (exact) mass is 278 g/mol. The van der Waals surface area contributed by atoms with Crippen molar-refractivity contribution in [3.8, 4) is 11.5 Å². The van der Waals surface area contributed by atoms with Gasteiger partial charge in [0.25, 0.3) is 0 Å². The molecule has 1 aromatic rings. The molecule has 0 saturated carbocycles. The van der Waals surface area contributed by atoms with Gasteiger partial charge in [-0.15, -0.1) is 0 Å². The van der Waals surface area contributed by atoms with E-state index in [9.17, 15) is 8.42 Å². The highest BCUT2D eigenvalue weighted by Gasteiger charge is 2.15. The van der Waals surface area contributed by atoms with E-state index in [0.717, 1.165) is 5.56 Å². The fourth-order valence-corrected chi connectivity index (χ4v) is 2.45. The van der Waals surface area contributed by atoms with Crippen LogP contribution in [0.3, 0.4) is 0 Å². The zero-order valence-corrected chi connectivity index (χ0v) is 11.6. The molecular formula is C11H15ClO4S. The molecule has 0 aromatic heterocycles. The standard InChI is InChI=1S/C11H15ClO4S/c1-4-16-10-6-9(7-17(12,13)14)11(15-3)5-8(10)2/h5-6H,4,7H2,1-3H3. The number of ether oxygens (including phenoxy) is 2. The molecule has 0 fully saturated rings. The van der Waals surface area contributed by atoms with Gasteiger partial charge in [0.2, 0.25) is 9.05 Å². The van der Waals surface area contributed by atoms with Gasteiger partial charge in [0.15, 0.2) is 0 Å². The molecule has 0 amide bonds. The van der Waals surface area contributed by atoms with Crippen LogP contribution in [0.5, 0.6) is 11.5 Å². The molecule has 17 heavy (non-hydrogen) atoms. The molecule has 6 heteroatoms. The van der Waals surface area contributed by atoms with E-state index in [1.54, 1.807) is 12.1 Å². The van der Waals surface area contributed by atoms with Crippen LogP contribution < -0.4 is 9.47 Å². The van der Waals surface area contributed by atoms with Gasteiger partial charge < -0.3 is 9.47 Å². The lowest BCUT2D eigenvalue weighted by Gasteiger charge is -2.13. The Hall–Kier alpha value is -0.940. The van der Waals surface area contributed by atoms with E-state index in [-0.39, 0.29) is 5.75 Å². The second kappa shape index (κ2) is 5.60. The summed E-state index contributed by atoms with van der Waals surface area (Å²) in [6.45, 7) is 4.24. The lowest BCUT2D eigenvalue weighted by atomic mass is 10.1. The molecular weight excluding hydrogens is 264 g/mol. The first-order chi connectivity index (χ1) is 7.87. The second-order valence-electron chi connectivity index (χ2n) is 3.55. The Labute approximate surface area is 106 Å². The number of halogens is 1. The molecule has 0 aliphatic carbocycles. The molecule has 0 aliphatic rings. The number of rotatable bonds is 5. The van der Waals surface area contributed by atoms with Gasteiger partial charge in [0, 0.05) is 16.2 Å². The molecule has 96 valence electrons. The Bertz CT molecular complexity index is 496. The van der Waals surface area contributed by atoms with Gasteiger partial charge in [-0.05, 0) is 31.5 Å². The Kier molecular flexibility index (Phi) is 4.65. The zero-order valence-electron chi connectivity index (χ0n) is 9.99. The summed E-state index contributed by atoms with van der Waals surface area (Å²) < 4.78 is 32.7. The van der Waals surface area contributed by atoms with E-state index in [0.29, 0.717) is 23.7 Å². The Morgan fingerprint density at radius 2 is 1.94 bits per heavy atom. The summed E-state index contributed by atoms with van der Waals surface area (Å²) in [6, 6.07) is 3.39. The Morgan fingerprint density at radius 1 is 1.29 bits per heavy atom. The van der Waals surface area contributed by atoms with Gasteiger partial charge in [-0.1, -0.05) is 0 Å². The topological polar surface area (TPSA) is 52.6 Å². The van der Waals surface area contributed by atoms with E-state index < -0.39 is 9.05 Å². The van der Waals surface area contributed by atoms with E-state index in [4.69, 9.17) is 20.2 Å². The van der Waals surface area contributed by atoms with Crippen molar-refractivity contribution in [2.45, 2.75) is 19.6 Å². The van der Waals surface area contributed by atoms with E-state index in [1.807, 2.05) is 13.8 Å². The molecule has 4 nitrogen and oxygen atoms in total. The summed E-state index contributed by atoms with van der Waals surface area (Å²) in [5.74, 6) is 0.858. The molecule has 0 aliphatic heterocycles. The second-order valence-corrected chi connectivity index (χ2v) is 6.32. The highest BCUT2D eigenvalue weighted by Crippen LogP contribution is 2.30. The minimum absolute atomic E-state index is 0.280. The molecule has 0 radical (unpaired) electrons. The van der Waals surface area contributed by atoms with Crippen molar-refractivity contribution in [1.82, 2.24) is 0 Å². The molecule has 0 saturated heterocycles. The van der Waals surface area contributed by atoms with Gasteiger partial charge in [-0.3, -0.25) is 0 Å². The molecule has 0 heterocycles. The maximum atomic E-state index is 11.1. The fourth-order valence-electron chi connectivity index (χ4n) is 1.50. The van der Waals surface area contributed by atoms with Gasteiger partial charge in [-0.2, -0.15) is 0 Å². The lowest BCUT2D eigenvalue weighted by Crippen LogP contribution is -2.02. The van der Waals surface area contributed by atoms with Crippen LogP contribution in [-0.4, -0.2) is 22.1 Å². The van der Waals surface area contributed by atoms with Gasteiger partial charge in [-0.25, -0.2) is 8.42 Å². The van der Waals surface area contributed by atoms with Crippen molar-refractivity contribution in [1.29, 1.82) is 0 Å². The largest absolute Gasteiger partial charge is 0.496 e.